The first-order valence-electron chi connectivity index (χ1n) is 10.8. The van der Waals surface area contributed by atoms with E-state index in [1.54, 1.807) is 13.2 Å². The molecule has 0 bridgehead atoms. The van der Waals surface area contributed by atoms with Crippen LogP contribution in [-0.4, -0.2) is 42.1 Å². The van der Waals surface area contributed by atoms with E-state index < -0.39 is 0 Å². The minimum Gasteiger partial charge on any atom is -0.496 e. The van der Waals surface area contributed by atoms with Crippen molar-refractivity contribution >= 4 is 23.1 Å². The maximum Gasteiger partial charge on any atom is 0.246 e. The van der Waals surface area contributed by atoms with Gasteiger partial charge in [-0.1, -0.05) is 12.1 Å². The number of ether oxygens (including phenoxy) is 2. The topological polar surface area (TPSA) is 64.8 Å². The Bertz CT molecular complexity index is 1110. The SMILES string of the molecule is COc1cc2c(cc1C=CC(=O)N1CCC(c3nc4ccccc4o3)CC1)OC(C)C2. The van der Waals surface area contributed by atoms with E-state index in [1.165, 1.54) is 0 Å². The fraction of sp³-hybridized carbons (Fsp3) is 0.360. The lowest BCUT2D eigenvalue weighted by Crippen LogP contribution is -2.36. The first-order chi connectivity index (χ1) is 15.1. The highest BCUT2D eigenvalue weighted by molar-refractivity contribution is 5.92. The number of likely N-dealkylation sites (tertiary alicyclic amines) is 1. The van der Waals surface area contributed by atoms with Crippen molar-refractivity contribution in [3.8, 4) is 11.5 Å². The van der Waals surface area contributed by atoms with Gasteiger partial charge < -0.3 is 18.8 Å². The Kier molecular flexibility index (Phi) is 5.14. The summed E-state index contributed by atoms with van der Waals surface area (Å²) in [5.74, 6) is 2.67. The van der Waals surface area contributed by atoms with E-state index in [-0.39, 0.29) is 17.9 Å². The van der Waals surface area contributed by atoms with Crippen LogP contribution in [0.1, 0.15) is 42.7 Å². The van der Waals surface area contributed by atoms with E-state index in [4.69, 9.17) is 13.9 Å². The van der Waals surface area contributed by atoms with Crippen molar-refractivity contribution in [3.05, 3.63) is 59.5 Å². The van der Waals surface area contributed by atoms with Crippen LogP contribution in [0, 0.1) is 0 Å². The third kappa shape index (κ3) is 3.90. The molecule has 31 heavy (non-hydrogen) atoms. The number of hydrogen-bond donors (Lipinski definition) is 0. The number of piperidine rings is 1. The molecule has 1 fully saturated rings. The maximum absolute atomic E-state index is 12.8. The van der Waals surface area contributed by atoms with Gasteiger partial charge in [0, 0.05) is 42.6 Å². The summed E-state index contributed by atoms with van der Waals surface area (Å²) in [5.41, 5.74) is 3.71. The molecule has 3 aromatic rings. The Morgan fingerprint density at radius 2 is 2.03 bits per heavy atom. The number of fused-ring (bicyclic) bond motifs is 2. The number of para-hydroxylation sites is 2. The minimum atomic E-state index is 0.00727. The Hall–Kier alpha value is -3.28. The van der Waals surface area contributed by atoms with Crippen LogP contribution in [0.4, 0.5) is 0 Å². The summed E-state index contributed by atoms with van der Waals surface area (Å²) in [4.78, 5) is 19.3. The number of aromatic nitrogens is 1. The Labute approximate surface area is 181 Å². The molecule has 5 rings (SSSR count). The number of carbonyl (C=O) groups excluding carboxylic acids is 1. The average molecular weight is 418 g/mol. The summed E-state index contributed by atoms with van der Waals surface area (Å²) in [6.45, 7) is 3.43. The second kappa shape index (κ2) is 8.10. The normalized spacial score (nSPS) is 19.0. The molecular formula is C25H26N2O4. The summed E-state index contributed by atoms with van der Waals surface area (Å²) in [5, 5.41) is 0. The maximum atomic E-state index is 12.8. The van der Waals surface area contributed by atoms with Crippen LogP contribution >= 0.6 is 0 Å². The van der Waals surface area contributed by atoms with Crippen molar-refractivity contribution < 1.29 is 18.7 Å². The first-order valence-corrected chi connectivity index (χ1v) is 10.8. The molecule has 0 N–H and O–H groups in total. The number of carbonyl (C=O) groups is 1. The summed E-state index contributed by atoms with van der Waals surface area (Å²) >= 11 is 0. The second-order valence-corrected chi connectivity index (χ2v) is 8.29. The molecule has 160 valence electrons. The van der Waals surface area contributed by atoms with E-state index in [0.29, 0.717) is 13.1 Å². The Balaban J connectivity index is 1.24. The molecule has 0 saturated carbocycles. The molecule has 0 radical (unpaired) electrons. The van der Waals surface area contributed by atoms with Gasteiger partial charge in [-0.15, -0.1) is 0 Å². The van der Waals surface area contributed by atoms with Crippen LogP contribution in [0.2, 0.25) is 0 Å². The number of rotatable bonds is 4. The molecule has 6 heteroatoms. The van der Waals surface area contributed by atoms with Gasteiger partial charge in [-0.2, -0.15) is 0 Å². The quantitative estimate of drug-likeness (QED) is 0.581. The van der Waals surface area contributed by atoms with Gasteiger partial charge in [0.05, 0.1) is 7.11 Å². The number of oxazole rings is 1. The van der Waals surface area contributed by atoms with Gasteiger partial charge in [0.15, 0.2) is 11.5 Å². The largest absolute Gasteiger partial charge is 0.496 e. The molecule has 1 amide bonds. The van der Waals surface area contributed by atoms with E-state index in [2.05, 4.69) is 11.9 Å². The lowest BCUT2D eigenvalue weighted by atomic mass is 9.96. The van der Waals surface area contributed by atoms with Gasteiger partial charge in [0.1, 0.15) is 23.1 Å². The molecular weight excluding hydrogens is 392 g/mol. The molecule has 1 saturated heterocycles. The molecule has 6 nitrogen and oxygen atoms in total. The van der Waals surface area contributed by atoms with Gasteiger partial charge in [-0.3, -0.25) is 4.79 Å². The van der Waals surface area contributed by atoms with Crippen LogP contribution in [-0.2, 0) is 11.2 Å². The van der Waals surface area contributed by atoms with Crippen molar-refractivity contribution in [2.75, 3.05) is 20.2 Å². The summed E-state index contributed by atoms with van der Waals surface area (Å²) < 4.78 is 17.3. The number of nitrogens with zero attached hydrogens (tertiary/aromatic N) is 2. The highest BCUT2D eigenvalue weighted by atomic mass is 16.5. The third-order valence-corrected chi connectivity index (χ3v) is 6.12. The predicted octanol–water partition coefficient (Wildman–Crippen LogP) is 4.58. The van der Waals surface area contributed by atoms with E-state index in [1.807, 2.05) is 47.4 Å². The molecule has 2 aliphatic heterocycles. The molecule has 3 heterocycles. The highest BCUT2D eigenvalue weighted by Gasteiger charge is 2.26. The lowest BCUT2D eigenvalue weighted by molar-refractivity contribution is -0.127. The van der Waals surface area contributed by atoms with Crippen LogP contribution in [0.5, 0.6) is 11.5 Å². The van der Waals surface area contributed by atoms with Gasteiger partial charge in [0.25, 0.3) is 0 Å². The standard InChI is InChI=1S/C25H26N2O4/c1-16-13-19-15-22(29-2)18(14-23(19)30-16)7-8-24(28)27-11-9-17(10-12-27)25-26-20-5-3-4-6-21(20)31-25/h3-8,14-17H,9-13H2,1-2H3. The zero-order valence-corrected chi connectivity index (χ0v) is 17.8. The summed E-state index contributed by atoms with van der Waals surface area (Å²) in [7, 11) is 1.65. The van der Waals surface area contributed by atoms with Gasteiger partial charge >= 0.3 is 0 Å². The highest BCUT2D eigenvalue weighted by Crippen LogP contribution is 2.36. The third-order valence-electron chi connectivity index (χ3n) is 6.12. The van der Waals surface area contributed by atoms with Crippen LogP contribution in [0.25, 0.3) is 17.2 Å². The first kappa shape index (κ1) is 19.7. The van der Waals surface area contributed by atoms with E-state index in [9.17, 15) is 4.79 Å². The number of benzene rings is 2. The molecule has 2 aromatic carbocycles. The molecule has 1 unspecified atom stereocenters. The van der Waals surface area contributed by atoms with E-state index >= 15 is 0 Å². The molecule has 2 aliphatic rings. The fourth-order valence-electron chi connectivity index (χ4n) is 4.44. The van der Waals surface area contributed by atoms with Crippen molar-refractivity contribution in [3.63, 3.8) is 0 Å². The molecule has 1 aromatic heterocycles. The van der Waals surface area contributed by atoms with Gasteiger partial charge in [-0.05, 0) is 50.1 Å². The minimum absolute atomic E-state index is 0.00727. The average Bonchev–Trinajstić information content (AvgIpc) is 3.38. The second-order valence-electron chi connectivity index (χ2n) is 8.29. The smallest absolute Gasteiger partial charge is 0.246 e. The number of hydrogen-bond acceptors (Lipinski definition) is 5. The van der Waals surface area contributed by atoms with Crippen molar-refractivity contribution in [2.45, 2.75) is 38.2 Å². The van der Waals surface area contributed by atoms with Crippen LogP contribution in [0.3, 0.4) is 0 Å². The van der Waals surface area contributed by atoms with Crippen molar-refractivity contribution in [1.29, 1.82) is 0 Å². The summed E-state index contributed by atoms with van der Waals surface area (Å²) in [6.07, 6.45) is 6.19. The van der Waals surface area contributed by atoms with Crippen molar-refractivity contribution in [1.82, 2.24) is 9.88 Å². The van der Waals surface area contributed by atoms with Crippen LogP contribution in [0.15, 0.2) is 46.9 Å². The van der Waals surface area contributed by atoms with Crippen LogP contribution < -0.4 is 9.47 Å². The van der Waals surface area contributed by atoms with Gasteiger partial charge in [-0.25, -0.2) is 4.98 Å². The fourth-order valence-corrected chi connectivity index (χ4v) is 4.44. The zero-order valence-electron chi connectivity index (χ0n) is 17.8. The summed E-state index contributed by atoms with van der Waals surface area (Å²) in [6, 6.07) is 11.8. The zero-order chi connectivity index (χ0) is 21.4. The Morgan fingerprint density at radius 1 is 1.23 bits per heavy atom. The molecule has 0 aliphatic carbocycles. The molecule has 1 atom stereocenters. The van der Waals surface area contributed by atoms with Crippen molar-refractivity contribution in [2.24, 2.45) is 0 Å². The number of amides is 1. The number of methoxy groups -OCH3 is 1. The van der Waals surface area contributed by atoms with Gasteiger partial charge in [0.2, 0.25) is 5.91 Å². The van der Waals surface area contributed by atoms with E-state index in [0.717, 1.165) is 58.9 Å². The lowest BCUT2D eigenvalue weighted by Gasteiger charge is -2.29. The Morgan fingerprint density at radius 3 is 2.81 bits per heavy atom. The molecule has 0 spiro atoms. The predicted molar refractivity (Wildman–Crippen MR) is 118 cm³/mol. The monoisotopic (exact) mass is 418 g/mol.